The summed E-state index contributed by atoms with van der Waals surface area (Å²) < 4.78 is 10.5. The van der Waals surface area contributed by atoms with Crippen LogP contribution in [0, 0.1) is 13.8 Å². The SMILES string of the molecule is COCCN(Cc1ccco1)C(=O)c1cc2c(C)cc(C)cc2[nH]1. The van der Waals surface area contributed by atoms with Gasteiger partial charge in [0, 0.05) is 24.6 Å². The molecule has 3 aromatic rings. The minimum absolute atomic E-state index is 0.0586. The van der Waals surface area contributed by atoms with Crippen molar-refractivity contribution >= 4 is 16.8 Å². The molecule has 0 unspecified atom stereocenters. The summed E-state index contributed by atoms with van der Waals surface area (Å²) in [6.45, 7) is 5.51. The molecule has 0 radical (unpaired) electrons. The van der Waals surface area contributed by atoms with E-state index in [1.807, 2.05) is 18.2 Å². The van der Waals surface area contributed by atoms with Crippen LogP contribution in [-0.2, 0) is 11.3 Å². The van der Waals surface area contributed by atoms with Crippen LogP contribution >= 0.6 is 0 Å². The standard InChI is InChI=1S/C19H22N2O3/c1-13-9-14(2)16-11-18(20-17(16)10-13)19(22)21(6-8-23-3)12-15-5-4-7-24-15/h4-5,7,9-11,20H,6,8,12H2,1-3H3. The topological polar surface area (TPSA) is 58.5 Å². The molecular formula is C19H22N2O3. The Bertz CT molecular complexity index is 834. The van der Waals surface area contributed by atoms with Crippen LogP contribution in [0.15, 0.2) is 41.0 Å². The highest BCUT2D eigenvalue weighted by atomic mass is 16.5. The normalized spacial score (nSPS) is 11.1. The van der Waals surface area contributed by atoms with E-state index in [1.165, 1.54) is 5.56 Å². The zero-order valence-corrected chi connectivity index (χ0v) is 14.3. The summed E-state index contributed by atoms with van der Waals surface area (Å²) in [5.41, 5.74) is 3.91. The number of aromatic amines is 1. The van der Waals surface area contributed by atoms with E-state index in [4.69, 9.17) is 9.15 Å². The van der Waals surface area contributed by atoms with Crippen molar-refractivity contribution in [3.8, 4) is 0 Å². The molecule has 0 spiro atoms. The molecule has 1 N–H and O–H groups in total. The lowest BCUT2D eigenvalue weighted by atomic mass is 10.1. The number of hydrogen-bond donors (Lipinski definition) is 1. The van der Waals surface area contributed by atoms with E-state index >= 15 is 0 Å². The van der Waals surface area contributed by atoms with Crippen molar-refractivity contribution in [3.63, 3.8) is 0 Å². The maximum atomic E-state index is 12.9. The van der Waals surface area contributed by atoms with E-state index < -0.39 is 0 Å². The first-order chi connectivity index (χ1) is 11.6. The number of furan rings is 1. The first-order valence-corrected chi connectivity index (χ1v) is 7.99. The molecule has 1 aromatic carbocycles. The number of rotatable bonds is 6. The summed E-state index contributed by atoms with van der Waals surface area (Å²) in [4.78, 5) is 17.9. The van der Waals surface area contributed by atoms with Crippen LogP contribution in [0.25, 0.3) is 10.9 Å². The summed E-state index contributed by atoms with van der Waals surface area (Å²) in [6, 6.07) is 9.80. The summed E-state index contributed by atoms with van der Waals surface area (Å²) in [5.74, 6) is 0.694. The van der Waals surface area contributed by atoms with Crippen molar-refractivity contribution in [1.29, 1.82) is 0 Å². The van der Waals surface area contributed by atoms with Gasteiger partial charge in [0.2, 0.25) is 0 Å². The molecule has 0 aliphatic rings. The fourth-order valence-corrected chi connectivity index (χ4v) is 2.93. The average Bonchev–Trinajstić information content (AvgIpc) is 3.20. The number of methoxy groups -OCH3 is 1. The van der Waals surface area contributed by atoms with Crippen molar-refractivity contribution in [2.45, 2.75) is 20.4 Å². The van der Waals surface area contributed by atoms with E-state index in [-0.39, 0.29) is 5.91 Å². The van der Waals surface area contributed by atoms with Crippen molar-refractivity contribution in [1.82, 2.24) is 9.88 Å². The van der Waals surface area contributed by atoms with Crippen LogP contribution in [0.3, 0.4) is 0 Å². The highest BCUT2D eigenvalue weighted by Gasteiger charge is 2.19. The van der Waals surface area contributed by atoms with E-state index in [0.29, 0.717) is 25.4 Å². The maximum Gasteiger partial charge on any atom is 0.270 e. The van der Waals surface area contributed by atoms with Gasteiger partial charge in [-0.25, -0.2) is 0 Å². The highest BCUT2D eigenvalue weighted by molar-refractivity contribution is 5.99. The second-order valence-electron chi connectivity index (χ2n) is 6.02. The van der Waals surface area contributed by atoms with Gasteiger partial charge in [0.25, 0.3) is 5.91 Å². The Morgan fingerprint density at radius 1 is 1.29 bits per heavy atom. The van der Waals surface area contributed by atoms with Crippen molar-refractivity contribution in [2.24, 2.45) is 0 Å². The van der Waals surface area contributed by atoms with Crippen LogP contribution < -0.4 is 0 Å². The van der Waals surface area contributed by atoms with E-state index in [2.05, 4.69) is 31.0 Å². The number of benzene rings is 1. The molecule has 5 heteroatoms. The fraction of sp³-hybridized carbons (Fsp3) is 0.316. The zero-order valence-electron chi connectivity index (χ0n) is 14.3. The second kappa shape index (κ2) is 6.93. The van der Waals surface area contributed by atoms with Gasteiger partial charge in [-0.05, 0) is 49.2 Å². The number of carbonyl (C=O) groups is 1. The zero-order chi connectivity index (χ0) is 17.1. The van der Waals surface area contributed by atoms with Gasteiger partial charge in [-0.1, -0.05) is 6.07 Å². The van der Waals surface area contributed by atoms with E-state index in [9.17, 15) is 4.79 Å². The van der Waals surface area contributed by atoms with Crippen molar-refractivity contribution in [2.75, 3.05) is 20.3 Å². The molecule has 24 heavy (non-hydrogen) atoms. The number of aromatic nitrogens is 1. The third-order valence-electron chi connectivity index (χ3n) is 4.10. The number of fused-ring (bicyclic) bond motifs is 1. The number of aryl methyl sites for hydroxylation is 2. The Balaban J connectivity index is 1.89. The average molecular weight is 326 g/mol. The Kier molecular flexibility index (Phi) is 4.71. The summed E-state index contributed by atoms with van der Waals surface area (Å²) in [7, 11) is 1.63. The molecule has 2 aromatic heterocycles. The Morgan fingerprint density at radius 2 is 2.12 bits per heavy atom. The van der Waals surface area contributed by atoms with Crippen LogP contribution in [0.5, 0.6) is 0 Å². The van der Waals surface area contributed by atoms with Gasteiger partial charge in [0.15, 0.2) is 0 Å². The summed E-state index contributed by atoms with van der Waals surface area (Å²) >= 11 is 0. The number of nitrogens with zero attached hydrogens (tertiary/aromatic N) is 1. The highest BCUT2D eigenvalue weighted by Crippen LogP contribution is 2.22. The maximum absolute atomic E-state index is 12.9. The molecule has 1 amide bonds. The molecule has 0 atom stereocenters. The van der Waals surface area contributed by atoms with Crippen LogP contribution in [-0.4, -0.2) is 36.1 Å². The van der Waals surface area contributed by atoms with Gasteiger partial charge in [-0.3, -0.25) is 4.79 Å². The van der Waals surface area contributed by atoms with Gasteiger partial charge in [0.1, 0.15) is 11.5 Å². The van der Waals surface area contributed by atoms with Gasteiger partial charge < -0.3 is 19.0 Å². The molecule has 0 aliphatic carbocycles. The van der Waals surface area contributed by atoms with Gasteiger partial charge in [-0.2, -0.15) is 0 Å². The van der Waals surface area contributed by atoms with Gasteiger partial charge in [-0.15, -0.1) is 0 Å². The Morgan fingerprint density at radius 3 is 2.83 bits per heavy atom. The smallest absolute Gasteiger partial charge is 0.270 e. The van der Waals surface area contributed by atoms with Crippen LogP contribution in [0.4, 0.5) is 0 Å². The molecule has 5 nitrogen and oxygen atoms in total. The third kappa shape index (κ3) is 3.36. The van der Waals surface area contributed by atoms with Crippen LogP contribution in [0.2, 0.25) is 0 Å². The molecular weight excluding hydrogens is 304 g/mol. The van der Waals surface area contributed by atoms with Crippen molar-refractivity contribution in [3.05, 3.63) is 59.2 Å². The molecule has 3 rings (SSSR count). The largest absolute Gasteiger partial charge is 0.467 e. The third-order valence-corrected chi connectivity index (χ3v) is 4.10. The number of nitrogens with one attached hydrogen (secondary N) is 1. The Labute approximate surface area is 141 Å². The van der Waals surface area contributed by atoms with Crippen LogP contribution in [0.1, 0.15) is 27.4 Å². The molecule has 0 bridgehead atoms. The lowest BCUT2D eigenvalue weighted by molar-refractivity contribution is 0.0661. The van der Waals surface area contributed by atoms with E-state index in [1.54, 1.807) is 18.3 Å². The quantitative estimate of drug-likeness (QED) is 0.752. The predicted molar refractivity (Wildman–Crippen MR) is 93.1 cm³/mol. The molecule has 126 valence electrons. The number of amides is 1. The monoisotopic (exact) mass is 326 g/mol. The molecule has 0 fully saturated rings. The lowest BCUT2D eigenvalue weighted by Crippen LogP contribution is -2.33. The summed E-state index contributed by atoms with van der Waals surface area (Å²) in [6.07, 6.45) is 1.61. The number of hydrogen-bond acceptors (Lipinski definition) is 3. The van der Waals surface area contributed by atoms with Gasteiger partial charge in [0.05, 0.1) is 19.4 Å². The van der Waals surface area contributed by atoms with Gasteiger partial charge >= 0.3 is 0 Å². The first-order valence-electron chi connectivity index (χ1n) is 7.99. The molecule has 0 saturated heterocycles. The predicted octanol–water partition coefficient (Wildman–Crippen LogP) is 3.67. The Hall–Kier alpha value is -2.53. The summed E-state index contributed by atoms with van der Waals surface area (Å²) in [5, 5.41) is 1.08. The van der Waals surface area contributed by atoms with E-state index in [0.717, 1.165) is 22.2 Å². The lowest BCUT2D eigenvalue weighted by Gasteiger charge is -2.20. The van der Waals surface area contributed by atoms with Crippen molar-refractivity contribution < 1.29 is 13.9 Å². The molecule has 0 aliphatic heterocycles. The number of H-pyrrole nitrogens is 1. The molecule has 2 heterocycles. The number of carbonyl (C=O) groups excluding carboxylic acids is 1. The number of ether oxygens (including phenoxy) is 1. The fourth-order valence-electron chi connectivity index (χ4n) is 2.93. The second-order valence-corrected chi connectivity index (χ2v) is 6.02. The molecule has 0 saturated carbocycles. The minimum Gasteiger partial charge on any atom is -0.467 e. The minimum atomic E-state index is -0.0586. The first kappa shape index (κ1) is 16.3.